The van der Waals surface area contributed by atoms with Gasteiger partial charge in [0.1, 0.15) is 0 Å². The molecule has 0 fully saturated rings. The molecule has 1 aromatic carbocycles. The molecule has 0 bridgehead atoms. The quantitative estimate of drug-likeness (QED) is 0.506. The third-order valence-corrected chi connectivity index (χ3v) is 1.56. The molecule has 0 aliphatic carbocycles. The summed E-state index contributed by atoms with van der Waals surface area (Å²) < 4.78 is 0. The first-order valence-electron chi connectivity index (χ1n) is 3.32. The average Bonchev–Trinajstić information content (AvgIpc) is 2.05. The summed E-state index contributed by atoms with van der Waals surface area (Å²) in [5, 5.41) is 7.87. The molecule has 0 aliphatic rings. The predicted octanol–water partition coefficient (Wildman–Crippen LogP) is 0.639. The van der Waals surface area contributed by atoms with E-state index in [-0.39, 0.29) is 0 Å². The first kappa shape index (κ1) is 7.60. The maximum atomic E-state index is 7.42. The Hall–Kier alpha value is -1.51. The summed E-state index contributed by atoms with van der Waals surface area (Å²) in [5.74, 6) is 0. The molecule has 0 saturated heterocycles. The lowest BCUT2D eigenvalue weighted by atomic mass is 10.3. The minimum Gasteiger partial charge on any atom is -0.397 e. The lowest BCUT2D eigenvalue weighted by molar-refractivity contribution is 1.23. The van der Waals surface area contributed by atoms with Crippen LogP contribution in [0.15, 0.2) is 18.2 Å². The van der Waals surface area contributed by atoms with Gasteiger partial charge in [-0.1, -0.05) is 0 Å². The lowest BCUT2D eigenvalue weighted by Gasteiger charge is -1.90. The molecule has 0 aliphatic heterocycles. The van der Waals surface area contributed by atoms with E-state index in [1.165, 1.54) is 0 Å². The second-order valence-corrected chi connectivity index (χ2v) is 2.49. The molecule has 5 N–H and O–H groups in total. The number of anilines is 2. The predicted molar refractivity (Wildman–Crippen MR) is 45.9 cm³/mol. The van der Waals surface area contributed by atoms with E-state index in [0.29, 0.717) is 16.7 Å². The molecule has 11 heavy (non-hydrogen) atoms. The Bertz CT molecular complexity index is 331. The van der Waals surface area contributed by atoms with E-state index >= 15 is 0 Å². The van der Waals surface area contributed by atoms with E-state index < -0.39 is 0 Å². The van der Waals surface area contributed by atoms with Crippen molar-refractivity contribution in [2.45, 2.75) is 6.92 Å². The summed E-state index contributed by atoms with van der Waals surface area (Å²) in [6.07, 6.45) is 0. The third kappa shape index (κ3) is 1.49. The summed E-state index contributed by atoms with van der Waals surface area (Å²) in [4.78, 5) is 0. The standard InChI is InChI=1S/C8H11N3/c1-5-4-8(11)7(10)3-2-6(5)9/h2-4,9H,10-11H2,1H3. The Labute approximate surface area is 65.2 Å². The van der Waals surface area contributed by atoms with Gasteiger partial charge >= 0.3 is 0 Å². The van der Waals surface area contributed by atoms with Crippen LogP contribution in [0.25, 0.3) is 0 Å². The molecule has 0 aromatic heterocycles. The maximum absolute atomic E-state index is 7.42. The van der Waals surface area contributed by atoms with Crippen LogP contribution in [-0.4, -0.2) is 0 Å². The average molecular weight is 149 g/mol. The van der Waals surface area contributed by atoms with Crippen molar-refractivity contribution in [1.82, 2.24) is 0 Å². The Morgan fingerprint density at radius 2 is 1.82 bits per heavy atom. The second kappa shape index (κ2) is 2.62. The molecule has 0 atom stereocenters. The summed E-state index contributed by atoms with van der Waals surface area (Å²) in [7, 11) is 0. The highest BCUT2D eigenvalue weighted by atomic mass is 14.7. The van der Waals surface area contributed by atoms with Gasteiger partial charge in [0, 0.05) is 0 Å². The van der Waals surface area contributed by atoms with Gasteiger partial charge in [0.25, 0.3) is 0 Å². The zero-order chi connectivity index (χ0) is 8.43. The monoisotopic (exact) mass is 149 g/mol. The Kier molecular flexibility index (Phi) is 1.81. The largest absolute Gasteiger partial charge is 0.397 e. The van der Waals surface area contributed by atoms with Crippen LogP contribution < -0.4 is 16.8 Å². The van der Waals surface area contributed by atoms with E-state index in [9.17, 15) is 0 Å². The van der Waals surface area contributed by atoms with Crippen LogP contribution in [0.3, 0.4) is 0 Å². The lowest BCUT2D eigenvalue weighted by Crippen LogP contribution is -1.97. The van der Waals surface area contributed by atoms with Crippen LogP contribution in [0, 0.1) is 12.3 Å². The van der Waals surface area contributed by atoms with Gasteiger partial charge in [-0.25, -0.2) is 0 Å². The zero-order valence-electron chi connectivity index (χ0n) is 6.39. The van der Waals surface area contributed by atoms with E-state index in [1.54, 1.807) is 18.2 Å². The molecular formula is C8H11N3. The van der Waals surface area contributed by atoms with E-state index in [1.807, 2.05) is 6.92 Å². The van der Waals surface area contributed by atoms with Crippen molar-refractivity contribution in [2.24, 2.45) is 0 Å². The fourth-order valence-corrected chi connectivity index (χ4v) is 0.795. The molecular weight excluding hydrogens is 138 g/mol. The maximum Gasteiger partial charge on any atom is 0.0570 e. The van der Waals surface area contributed by atoms with Gasteiger partial charge in [-0.2, -0.15) is 0 Å². The van der Waals surface area contributed by atoms with Gasteiger partial charge < -0.3 is 16.9 Å². The highest BCUT2D eigenvalue weighted by Gasteiger charge is 1.91. The second-order valence-electron chi connectivity index (χ2n) is 2.49. The van der Waals surface area contributed by atoms with E-state index in [2.05, 4.69) is 0 Å². The summed E-state index contributed by atoms with van der Waals surface area (Å²) in [6.45, 7) is 1.83. The van der Waals surface area contributed by atoms with Crippen molar-refractivity contribution in [2.75, 3.05) is 11.5 Å². The number of rotatable bonds is 0. The van der Waals surface area contributed by atoms with Crippen molar-refractivity contribution >= 4 is 11.4 Å². The van der Waals surface area contributed by atoms with Crippen LogP contribution in [-0.2, 0) is 0 Å². The van der Waals surface area contributed by atoms with Crippen LogP contribution in [0.4, 0.5) is 11.4 Å². The molecule has 0 heterocycles. The van der Waals surface area contributed by atoms with Crippen molar-refractivity contribution in [1.29, 1.82) is 5.41 Å². The van der Waals surface area contributed by atoms with Crippen LogP contribution in [0.1, 0.15) is 5.56 Å². The van der Waals surface area contributed by atoms with Gasteiger partial charge in [-0.3, -0.25) is 0 Å². The molecule has 1 aromatic rings. The summed E-state index contributed by atoms with van der Waals surface area (Å²) >= 11 is 0. The minimum atomic E-state index is 0.452. The summed E-state index contributed by atoms with van der Waals surface area (Å²) in [6, 6.07) is 4.99. The molecule has 0 spiro atoms. The normalized spacial score (nSPS) is 9.55. The van der Waals surface area contributed by atoms with Gasteiger partial charge in [0.15, 0.2) is 0 Å². The molecule has 1 rings (SSSR count). The molecule has 3 nitrogen and oxygen atoms in total. The Morgan fingerprint density at radius 3 is 2.45 bits per heavy atom. The summed E-state index contributed by atoms with van der Waals surface area (Å²) in [5.41, 5.74) is 13.0. The van der Waals surface area contributed by atoms with Crippen LogP contribution >= 0.6 is 0 Å². The number of nitrogen functional groups attached to an aromatic ring is 2. The van der Waals surface area contributed by atoms with Gasteiger partial charge in [0.2, 0.25) is 0 Å². The number of aryl methyl sites for hydroxylation is 1. The van der Waals surface area contributed by atoms with Gasteiger partial charge in [-0.05, 0) is 30.7 Å². The van der Waals surface area contributed by atoms with Gasteiger partial charge in [0.05, 0.1) is 16.7 Å². The number of hydrogen-bond acceptors (Lipinski definition) is 3. The first-order valence-corrected chi connectivity index (χ1v) is 3.32. The molecule has 0 saturated carbocycles. The highest BCUT2D eigenvalue weighted by Crippen LogP contribution is 2.10. The Morgan fingerprint density at radius 1 is 1.18 bits per heavy atom. The Balaban J connectivity index is 3.54. The van der Waals surface area contributed by atoms with Crippen LogP contribution in [0.5, 0.6) is 0 Å². The van der Waals surface area contributed by atoms with E-state index in [4.69, 9.17) is 16.9 Å². The minimum absolute atomic E-state index is 0.452. The van der Waals surface area contributed by atoms with Crippen molar-refractivity contribution in [3.63, 3.8) is 0 Å². The zero-order valence-corrected chi connectivity index (χ0v) is 6.39. The fraction of sp³-hybridized carbons (Fsp3) is 0.125. The molecule has 3 heteroatoms. The number of nitrogens with one attached hydrogen (secondary N) is 1. The van der Waals surface area contributed by atoms with E-state index in [0.717, 1.165) is 5.56 Å². The van der Waals surface area contributed by atoms with Crippen molar-refractivity contribution < 1.29 is 0 Å². The third-order valence-electron chi connectivity index (χ3n) is 1.56. The molecule has 0 amide bonds. The molecule has 58 valence electrons. The van der Waals surface area contributed by atoms with Gasteiger partial charge in [-0.15, -0.1) is 0 Å². The molecule has 0 unspecified atom stereocenters. The fourth-order valence-electron chi connectivity index (χ4n) is 0.795. The SMILES string of the molecule is Cc1cc(N)c(N)ccc1=N. The highest BCUT2D eigenvalue weighted by molar-refractivity contribution is 5.62. The van der Waals surface area contributed by atoms with Crippen LogP contribution in [0.2, 0.25) is 0 Å². The molecule has 0 radical (unpaired) electrons. The first-order chi connectivity index (χ1) is 5.11. The number of hydrogen-bond donors (Lipinski definition) is 3. The van der Waals surface area contributed by atoms with Crippen molar-refractivity contribution in [3.8, 4) is 0 Å². The smallest absolute Gasteiger partial charge is 0.0570 e. The number of nitrogens with two attached hydrogens (primary N) is 2. The topological polar surface area (TPSA) is 75.9 Å². The van der Waals surface area contributed by atoms with Crippen molar-refractivity contribution in [3.05, 3.63) is 29.1 Å².